The second-order valence-corrected chi connectivity index (χ2v) is 5.85. The number of fused-ring (bicyclic) bond motifs is 1. The van der Waals surface area contributed by atoms with Crippen LogP contribution in [0.4, 0.5) is 11.8 Å². The van der Waals surface area contributed by atoms with Crippen LogP contribution in [0.15, 0.2) is 42.5 Å². The van der Waals surface area contributed by atoms with Gasteiger partial charge >= 0.3 is 0 Å². The molecule has 4 rings (SSSR count). The standard InChI is InChI=1S/C19H18N6O2.CH3I/c1-11-20-19(25-24-11)23-17-13-6-4-5-7-15(13)21-18(22-17)14-9-8-12(26-2)10-16(14)27-3;1-2/h4-10H,1-3H3,(H2,20,21,22,23,24,25);1H3. The maximum Gasteiger partial charge on any atom is 0.247 e. The highest BCUT2D eigenvalue weighted by Gasteiger charge is 2.15. The molecule has 0 fully saturated rings. The molecule has 0 aliphatic rings. The van der Waals surface area contributed by atoms with Crippen molar-refractivity contribution in [1.29, 1.82) is 0 Å². The van der Waals surface area contributed by atoms with E-state index in [1.165, 1.54) is 0 Å². The van der Waals surface area contributed by atoms with Crippen LogP contribution in [0.25, 0.3) is 22.3 Å². The molecule has 0 atom stereocenters. The van der Waals surface area contributed by atoms with Crippen molar-refractivity contribution in [3.63, 3.8) is 0 Å². The number of aromatic nitrogens is 5. The number of alkyl halides is 1. The van der Waals surface area contributed by atoms with Gasteiger partial charge in [-0.2, -0.15) is 4.98 Å². The van der Waals surface area contributed by atoms with E-state index in [2.05, 4.69) is 43.1 Å². The van der Waals surface area contributed by atoms with Crippen molar-refractivity contribution in [2.75, 3.05) is 24.5 Å². The Bertz CT molecular complexity index is 1120. The molecule has 0 bridgehead atoms. The Hall–Kier alpha value is -2.95. The lowest BCUT2D eigenvalue weighted by atomic mass is 10.1. The summed E-state index contributed by atoms with van der Waals surface area (Å²) in [4.78, 5) is 15.7. The summed E-state index contributed by atoms with van der Waals surface area (Å²) < 4.78 is 10.8. The molecule has 2 N–H and O–H groups in total. The summed E-state index contributed by atoms with van der Waals surface area (Å²) in [5.41, 5.74) is 1.56. The minimum Gasteiger partial charge on any atom is -0.497 e. The molecule has 150 valence electrons. The zero-order chi connectivity index (χ0) is 20.8. The number of hydrogen-bond acceptors (Lipinski definition) is 7. The zero-order valence-corrected chi connectivity index (χ0v) is 18.7. The molecular formula is C20H21IN6O2. The minimum absolute atomic E-state index is 0.448. The summed E-state index contributed by atoms with van der Waals surface area (Å²) in [6, 6.07) is 13.3. The smallest absolute Gasteiger partial charge is 0.247 e. The summed E-state index contributed by atoms with van der Waals surface area (Å²) >= 11 is 2.15. The number of hydrogen-bond donors (Lipinski definition) is 2. The van der Waals surface area contributed by atoms with Crippen LogP contribution in [0.2, 0.25) is 0 Å². The van der Waals surface area contributed by atoms with E-state index in [9.17, 15) is 0 Å². The van der Waals surface area contributed by atoms with Crippen molar-refractivity contribution in [2.24, 2.45) is 0 Å². The number of benzene rings is 2. The van der Waals surface area contributed by atoms with Crippen molar-refractivity contribution >= 4 is 45.3 Å². The normalized spacial score (nSPS) is 10.2. The Morgan fingerprint density at radius 3 is 2.45 bits per heavy atom. The van der Waals surface area contributed by atoms with E-state index in [0.717, 1.165) is 16.5 Å². The molecule has 0 saturated carbocycles. The number of anilines is 2. The van der Waals surface area contributed by atoms with Gasteiger partial charge in [0.2, 0.25) is 5.95 Å². The number of methoxy groups -OCH3 is 2. The van der Waals surface area contributed by atoms with Crippen LogP contribution in [0, 0.1) is 6.92 Å². The van der Waals surface area contributed by atoms with Crippen LogP contribution >= 0.6 is 22.6 Å². The van der Waals surface area contributed by atoms with Gasteiger partial charge in [0, 0.05) is 11.5 Å². The predicted molar refractivity (Wildman–Crippen MR) is 122 cm³/mol. The Morgan fingerprint density at radius 1 is 0.966 bits per heavy atom. The van der Waals surface area contributed by atoms with E-state index in [4.69, 9.17) is 19.4 Å². The van der Waals surface area contributed by atoms with E-state index in [1.807, 2.05) is 48.3 Å². The largest absolute Gasteiger partial charge is 0.497 e. The van der Waals surface area contributed by atoms with Crippen molar-refractivity contribution in [3.8, 4) is 22.9 Å². The number of aryl methyl sites for hydroxylation is 1. The topological polar surface area (TPSA) is 97.8 Å². The lowest BCUT2D eigenvalue weighted by Gasteiger charge is -2.12. The molecule has 0 aliphatic heterocycles. The highest BCUT2D eigenvalue weighted by atomic mass is 127. The van der Waals surface area contributed by atoms with Gasteiger partial charge in [-0.25, -0.2) is 9.97 Å². The maximum atomic E-state index is 5.51. The van der Waals surface area contributed by atoms with E-state index < -0.39 is 0 Å². The van der Waals surface area contributed by atoms with Crippen molar-refractivity contribution in [3.05, 3.63) is 48.3 Å². The molecule has 9 heteroatoms. The van der Waals surface area contributed by atoms with E-state index >= 15 is 0 Å². The molecule has 2 aromatic carbocycles. The van der Waals surface area contributed by atoms with Gasteiger partial charge < -0.3 is 14.8 Å². The molecule has 2 aromatic heterocycles. The molecular weight excluding hydrogens is 483 g/mol. The number of halogens is 1. The van der Waals surface area contributed by atoms with Crippen molar-refractivity contribution in [2.45, 2.75) is 6.92 Å². The lowest BCUT2D eigenvalue weighted by molar-refractivity contribution is 0.395. The molecule has 8 nitrogen and oxygen atoms in total. The predicted octanol–water partition coefficient (Wildman–Crippen LogP) is 4.54. The van der Waals surface area contributed by atoms with Gasteiger partial charge in [0.1, 0.15) is 23.1 Å². The first-order valence-corrected chi connectivity index (χ1v) is 10.9. The number of nitrogens with one attached hydrogen (secondary N) is 2. The Balaban J connectivity index is 0.00000117. The molecule has 2 heterocycles. The number of aromatic amines is 1. The molecule has 4 aromatic rings. The van der Waals surface area contributed by atoms with Crippen LogP contribution in [0.3, 0.4) is 0 Å². The molecule has 0 saturated heterocycles. The average Bonchev–Trinajstić information content (AvgIpc) is 3.19. The second-order valence-electron chi connectivity index (χ2n) is 5.85. The average molecular weight is 504 g/mol. The fourth-order valence-corrected chi connectivity index (χ4v) is 2.78. The Labute approximate surface area is 182 Å². The number of H-pyrrole nitrogens is 1. The summed E-state index contributed by atoms with van der Waals surface area (Å²) in [5, 5.41) is 11.0. The lowest BCUT2D eigenvalue weighted by Crippen LogP contribution is -2.01. The van der Waals surface area contributed by atoms with Crippen LogP contribution < -0.4 is 14.8 Å². The summed E-state index contributed by atoms with van der Waals surface area (Å²) in [6.45, 7) is 1.84. The quantitative estimate of drug-likeness (QED) is 0.304. The van der Waals surface area contributed by atoms with E-state index in [1.54, 1.807) is 20.3 Å². The molecule has 0 aliphatic carbocycles. The van der Waals surface area contributed by atoms with Crippen molar-refractivity contribution < 1.29 is 9.47 Å². The third-order valence-electron chi connectivity index (χ3n) is 4.08. The SMILES string of the molecule is CI.COc1ccc(-c2nc(Nc3n[nH]c(C)n3)c3ccccc3n2)c(OC)c1. The van der Waals surface area contributed by atoms with Gasteiger partial charge in [-0.15, -0.1) is 5.10 Å². The van der Waals surface area contributed by atoms with Gasteiger partial charge in [-0.05, 0) is 36.1 Å². The molecule has 0 amide bonds. The second kappa shape index (κ2) is 9.50. The summed E-state index contributed by atoms with van der Waals surface area (Å²) in [7, 11) is 3.22. The number of ether oxygens (including phenoxy) is 2. The van der Waals surface area contributed by atoms with Gasteiger partial charge in [0.25, 0.3) is 0 Å². The van der Waals surface area contributed by atoms with E-state index in [-0.39, 0.29) is 0 Å². The van der Waals surface area contributed by atoms with Gasteiger partial charge in [-0.3, -0.25) is 5.10 Å². The van der Waals surface area contributed by atoms with Gasteiger partial charge in [0.15, 0.2) is 5.82 Å². The maximum absolute atomic E-state index is 5.51. The minimum atomic E-state index is 0.448. The number of rotatable bonds is 5. The summed E-state index contributed by atoms with van der Waals surface area (Å²) in [6.07, 6.45) is 0. The van der Waals surface area contributed by atoms with Crippen LogP contribution in [0.5, 0.6) is 11.5 Å². The first-order valence-electron chi connectivity index (χ1n) is 8.71. The first-order chi connectivity index (χ1) is 14.2. The molecule has 0 radical (unpaired) electrons. The molecule has 29 heavy (non-hydrogen) atoms. The monoisotopic (exact) mass is 504 g/mol. The molecule has 0 spiro atoms. The third-order valence-corrected chi connectivity index (χ3v) is 4.08. The summed E-state index contributed by atoms with van der Waals surface area (Å²) in [5.74, 6) is 3.64. The first kappa shape index (κ1) is 20.8. The third kappa shape index (κ3) is 4.56. The van der Waals surface area contributed by atoms with Crippen LogP contribution in [-0.4, -0.2) is 44.3 Å². The Kier molecular flexibility index (Phi) is 6.81. The van der Waals surface area contributed by atoms with Crippen LogP contribution in [0.1, 0.15) is 5.82 Å². The van der Waals surface area contributed by atoms with Crippen molar-refractivity contribution in [1.82, 2.24) is 25.1 Å². The number of para-hydroxylation sites is 1. The van der Waals surface area contributed by atoms with E-state index in [0.29, 0.717) is 34.9 Å². The number of nitrogens with zero attached hydrogens (tertiary/aromatic N) is 4. The highest BCUT2D eigenvalue weighted by molar-refractivity contribution is 14.1. The fourth-order valence-electron chi connectivity index (χ4n) is 2.78. The Morgan fingerprint density at radius 2 is 1.76 bits per heavy atom. The van der Waals surface area contributed by atoms with Gasteiger partial charge in [0.05, 0.1) is 25.3 Å². The highest BCUT2D eigenvalue weighted by Crippen LogP contribution is 2.34. The van der Waals surface area contributed by atoms with Crippen LogP contribution in [-0.2, 0) is 0 Å². The molecule has 0 unspecified atom stereocenters. The van der Waals surface area contributed by atoms with Gasteiger partial charge in [-0.1, -0.05) is 34.7 Å². The zero-order valence-electron chi connectivity index (χ0n) is 16.5. The fraction of sp³-hybridized carbons (Fsp3) is 0.200.